The molecule has 2 atom stereocenters. The molecule has 0 aliphatic heterocycles. The van der Waals surface area contributed by atoms with Crippen molar-refractivity contribution in [2.45, 2.75) is 64.6 Å². The first kappa shape index (κ1) is 16.2. The molecule has 0 spiro atoms. The van der Waals surface area contributed by atoms with E-state index in [2.05, 4.69) is 26.0 Å². The lowest BCUT2D eigenvalue weighted by atomic mass is 9.90. The van der Waals surface area contributed by atoms with Crippen molar-refractivity contribution in [1.29, 1.82) is 0 Å². The van der Waals surface area contributed by atoms with Crippen LogP contribution in [0.25, 0.3) is 0 Å². The Morgan fingerprint density at radius 2 is 1.84 bits per heavy atom. The molecule has 0 aromatic heterocycles. The van der Waals surface area contributed by atoms with Gasteiger partial charge in [0.25, 0.3) is 0 Å². The average molecular weight is 264 g/mol. The molecule has 0 aliphatic carbocycles. The zero-order valence-corrected chi connectivity index (χ0v) is 12.6. The predicted octanol–water partition coefficient (Wildman–Crippen LogP) is 3.97. The first-order valence-corrected chi connectivity index (χ1v) is 7.48. The van der Waals surface area contributed by atoms with Crippen LogP contribution in [0.5, 0.6) is 0 Å². The van der Waals surface area contributed by atoms with Crippen molar-refractivity contribution in [2.24, 2.45) is 0 Å². The second-order valence-electron chi connectivity index (χ2n) is 5.45. The minimum Gasteiger partial charge on any atom is -0.390 e. The monoisotopic (exact) mass is 264 g/mol. The fraction of sp³-hybridized carbons (Fsp3) is 0.647. The van der Waals surface area contributed by atoms with Crippen molar-refractivity contribution < 1.29 is 9.84 Å². The second kappa shape index (κ2) is 8.34. The van der Waals surface area contributed by atoms with Gasteiger partial charge >= 0.3 is 0 Å². The molecule has 0 fully saturated rings. The summed E-state index contributed by atoms with van der Waals surface area (Å²) in [5.74, 6) is 0. The Morgan fingerprint density at radius 1 is 1.16 bits per heavy atom. The van der Waals surface area contributed by atoms with E-state index >= 15 is 0 Å². The molecule has 2 nitrogen and oxygen atoms in total. The highest BCUT2D eigenvalue weighted by molar-refractivity contribution is 5.14. The molecule has 1 rings (SSSR count). The van der Waals surface area contributed by atoms with Crippen LogP contribution in [0.3, 0.4) is 0 Å². The van der Waals surface area contributed by atoms with E-state index in [1.165, 1.54) is 5.56 Å². The molecule has 0 bridgehead atoms. The van der Waals surface area contributed by atoms with Gasteiger partial charge in [-0.05, 0) is 31.7 Å². The van der Waals surface area contributed by atoms with Crippen molar-refractivity contribution in [3.05, 3.63) is 35.9 Å². The van der Waals surface area contributed by atoms with Crippen LogP contribution >= 0.6 is 0 Å². The Kier molecular flexibility index (Phi) is 7.11. The molecular formula is C17H28O2. The van der Waals surface area contributed by atoms with Crippen LogP contribution in [0.1, 0.15) is 52.0 Å². The largest absolute Gasteiger partial charge is 0.390 e. The summed E-state index contributed by atoms with van der Waals surface area (Å²) in [6, 6.07) is 10.3. The van der Waals surface area contributed by atoms with Crippen molar-refractivity contribution >= 4 is 0 Å². The van der Waals surface area contributed by atoms with Crippen LogP contribution in [0.15, 0.2) is 30.3 Å². The average Bonchev–Trinajstić information content (AvgIpc) is 2.40. The molecule has 1 N–H and O–H groups in total. The van der Waals surface area contributed by atoms with Crippen LogP contribution < -0.4 is 0 Å². The molecule has 2 heteroatoms. The highest BCUT2D eigenvalue weighted by Gasteiger charge is 2.32. The van der Waals surface area contributed by atoms with Crippen molar-refractivity contribution in [3.63, 3.8) is 0 Å². The van der Waals surface area contributed by atoms with Crippen molar-refractivity contribution in [2.75, 3.05) is 6.61 Å². The molecule has 0 amide bonds. The standard InChI is InChI=1S/C17H28O2/c1-4-9-16(18)17(3,13-5-2)19-14-12-15-10-7-6-8-11-15/h6-8,10-11,16,18H,4-5,9,12-14H2,1-3H3/t16-,17+/m0/s1. The minimum absolute atomic E-state index is 0.367. The van der Waals surface area contributed by atoms with E-state index in [4.69, 9.17) is 4.74 Å². The van der Waals surface area contributed by atoms with Gasteiger partial charge in [-0.3, -0.25) is 0 Å². The van der Waals surface area contributed by atoms with Gasteiger partial charge in [-0.2, -0.15) is 0 Å². The van der Waals surface area contributed by atoms with E-state index in [9.17, 15) is 5.11 Å². The topological polar surface area (TPSA) is 29.5 Å². The SMILES string of the molecule is CCC[C@H](O)[C@@](C)(CCC)OCCc1ccccc1. The van der Waals surface area contributed by atoms with Crippen molar-refractivity contribution in [1.82, 2.24) is 0 Å². The summed E-state index contributed by atoms with van der Waals surface area (Å²) < 4.78 is 6.04. The Labute approximate surface area is 117 Å². The molecular weight excluding hydrogens is 236 g/mol. The lowest BCUT2D eigenvalue weighted by Crippen LogP contribution is -2.42. The van der Waals surface area contributed by atoms with Gasteiger partial charge in [0, 0.05) is 0 Å². The number of hydrogen-bond acceptors (Lipinski definition) is 2. The van der Waals surface area contributed by atoms with Gasteiger partial charge in [0.15, 0.2) is 0 Å². The van der Waals surface area contributed by atoms with Gasteiger partial charge in [-0.1, -0.05) is 57.0 Å². The zero-order chi connectivity index (χ0) is 14.1. The predicted molar refractivity (Wildman–Crippen MR) is 80.3 cm³/mol. The molecule has 0 heterocycles. The number of aliphatic hydroxyl groups is 1. The second-order valence-corrected chi connectivity index (χ2v) is 5.45. The fourth-order valence-electron chi connectivity index (χ4n) is 2.46. The molecule has 1 aromatic rings. The smallest absolute Gasteiger partial charge is 0.0912 e. The summed E-state index contributed by atoms with van der Waals surface area (Å²) in [7, 11) is 0. The maximum Gasteiger partial charge on any atom is 0.0912 e. The molecule has 0 radical (unpaired) electrons. The summed E-state index contributed by atoms with van der Waals surface area (Å²) in [5, 5.41) is 10.3. The Hall–Kier alpha value is -0.860. The summed E-state index contributed by atoms with van der Waals surface area (Å²) in [6.45, 7) is 6.94. The number of aliphatic hydroxyl groups excluding tert-OH is 1. The summed E-state index contributed by atoms with van der Waals surface area (Å²) in [6.07, 6.45) is 4.27. The van der Waals surface area contributed by atoms with E-state index in [1.54, 1.807) is 0 Å². The van der Waals surface area contributed by atoms with Gasteiger partial charge in [0.05, 0.1) is 18.3 Å². The normalized spacial score (nSPS) is 16.0. The number of hydrogen-bond donors (Lipinski definition) is 1. The molecule has 0 unspecified atom stereocenters. The van der Waals surface area contributed by atoms with E-state index < -0.39 is 5.60 Å². The van der Waals surface area contributed by atoms with Crippen LogP contribution in [-0.2, 0) is 11.2 Å². The third-order valence-corrected chi connectivity index (χ3v) is 3.68. The van der Waals surface area contributed by atoms with E-state index in [1.807, 2.05) is 25.1 Å². The minimum atomic E-state index is -0.403. The van der Waals surface area contributed by atoms with Gasteiger partial charge < -0.3 is 9.84 Å². The molecule has 1 aromatic carbocycles. The first-order valence-electron chi connectivity index (χ1n) is 7.48. The van der Waals surface area contributed by atoms with Gasteiger partial charge in [0.1, 0.15) is 0 Å². The highest BCUT2D eigenvalue weighted by atomic mass is 16.5. The fourth-order valence-corrected chi connectivity index (χ4v) is 2.46. The zero-order valence-electron chi connectivity index (χ0n) is 12.6. The lowest BCUT2D eigenvalue weighted by Gasteiger charge is -2.34. The third-order valence-electron chi connectivity index (χ3n) is 3.68. The Bertz CT molecular complexity index is 336. The third kappa shape index (κ3) is 5.33. The quantitative estimate of drug-likeness (QED) is 0.731. The molecule has 0 saturated heterocycles. The van der Waals surface area contributed by atoms with E-state index in [0.717, 1.165) is 32.1 Å². The highest BCUT2D eigenvalue weighted by Crippen LogP contribution is 2.25. The summed E-state index contributed by atoms with van der Waals surface area (Å²) in [4.78, 5) is 0. The van der Waals surface area contributed by atoms with Crippen LogP contribution in [0, 0.1) is 0 Å². The number of ether oxygens (including phenoxy) is 1. The number of benzene rings is 1. The maximum absolute atomic E-state index is 10.3. The first-order chi connectivity index (χ1) is 9.12. The van der Waals surface area contributed by atoms with Crippen LogP contribution in [0.2, 0.25) is 0 Å². The lowest BCUT2D eigenvalue weighted by molar-refractivity contribution is -0.119. The van der Waals surface area contributed by atoms with Crippen LogP contribution in [-0.4, -0.2) is 23.4 Å². The Balaban J connectivity index is 2.49. The molecule has 19 heavy (non-hydrogen) atoms. The van der Waals surface area contributed by atoms with Gasteiger partial charge in [-0.15, -0.1) is 0 Å². The Morgan fingerprint density at radius 3 is 2.42 bits per heavy atom. The van der Waals surface area contributed by atoms with E-state index in [-0.39, 0.29) is 6.10 Å². The van der Waals surface area contributed by atoms with E-state index in [0.29, 0.717) is 6.61 Å². The summed E-state index contributed by atoms with van der Waals surface area (Å²) in [5.41, 5.74) is 0.880. The van der Waals surface area contributed by atoms with Crippen LogP contribution in [0.4, 0.5) is 0 Å². The van der Waals surface area contributed by atoms with Gasteiger partial charge in [0.2, 0.25) is 0 Å². The molecule has 0 aliphatic rings. The number of rotatable bonds is 9. The maximum atomic E-state index is 10.3. The molecule has 0 saturated carbocycles. The van der Waals surface area contributed by atoms with Crippen molar-refractivity contribution in [3.8, 4) is 0 Å². The van der Waals surface area contributed by atoms with Gasteiger partial charge in [-0.25, -0.2) is 0 Å². The summed E-state index contributed by atoms with van der Waals surface area (Å²) >= 11 is 0. The molecule has 108 valence electrons.